The van der Waals surface area contributed by atoms with Crippen LogP contribution in [0, 0.1) is 23.1 Å². The molecule has 0 bridgehead atoms. The highest BCUT2D eigenvalue weighted by atomic mass is 35.5. The molecule has 0 unspecified atom stereocenters. The predicted molar refractivity (Wildman–Crippen MR) is 77.5 cm³/mol. The summed E-state index contributed by atoms with van der Waals surface area (Å²) in [6.07, 6.45) is 0.285. The fourth-order valence-corrected chi connectivity index (χ4v) is 2.04. The van der Waals surface area contributed by atoms with E-state index in [1.165, 1.54) is 6.07 Å². The molecule has 0 fully saturated rings. The lowest BCUT2D eigenvalue weighted by atomic mass is 10.1. The van der Waals surface area contributed by atoms with E-state index in [4.69, 9.17) is 28.3 Å². The molecule has 4 N–H and O–H groups in total. The molecular formula is C13H18ClFN4. The first kappa shape index (κ1) is 15.4. The summed E-state index contributed by atoms with van der Waals surface area (Å²) >= 11 is 5.82. The quantitative estimate of drug-likeness (QED) is 0.815. The molecule has 4 nitrogen and oxygen atoms in total. The first-order chi connectivity index (χ1) is 8.88. The molecule has 0 radical (unpaired) electrons. The van der Waals surface area contributed by atoms with Gasteiger partial charge in [0.15, 0.2) is 5.82 Å². The molecule has 0 atom stereocenters. The fraction of sp³-hybridized carbons (Fsp3) is 0.462. The zero-order chi connectivity index (χ0) is 14.6. The lowest BCUT2D eigenvalue weighted by Crippen LogP contribution is -2.30. The van der Waals surface area contributed by atoms with Crippen molar-refractivity contribution in [2.24, 2.45) is 5.92 Å². The number of halogens is 2. The van der Waals surface area contributed by atoms with E-state index in [2.05, 4.69) is 0 Å². The van der Waals surface area contributed by atoms with Crippen LogP contribution in [0.3, 0.4) is 0 Å². The fourth-order valence-electron chi connectivity index (χ4n) is 1.90. The van der Waals surface area contributed by atoms with Gasteiger partial charge in [0, 0.05) is 13.1 Å². The minimum absolute atomic E-state index is 0.116. The Morgan fingerprint density at radius 3 is 2.58 bits per heavy atom. The summed E-state index contributed by atoms with van der Waals surface area (Å²) in [5.74, 6) is -0.327. The monoisotopic (exact) mass is 284 g/mol. The summed E-state index contributed by atoms with van der Waals surface area (Å²) in [7, 11) is 0. The Morgan fingerprint density at radius 1 is 1.42 bits per heavy atom. The zero-order valence-electron chi connectivity index (χ0n) is 11.1. The summed E-state index contributed by atoms with van der Waals surface area (Å²) in [6, 6.07) is 3.49. The number of hydrogen-bond donors (Lipinski definition) is 2. The van der Waals surface area contributed by atoms with Gasteiger partial charge in [-0.2, -0.15) is 5.26 Å². The second-order valence-electron chi connectivity index (χ2n) is 4.78. The molecule has 0 aromatic heterocycles. The third-order valence-electron chi connectivity index (χ3n) is 2.63. The highest BCUT2D eigenvalue weighted by molar-refractivity contribution is 6.33. The van der Waals surface area contributed by atoms with E-state index < -0.39 is 5.82 Å². The number of rotatable bonds is 5. The lowest BCUT2D eigenvalue weighted by Gasteiger charge is -2.28. The molecule has 0 aliphatic rings. The molecule has 6 heteroatoms. The largest absolute Gasteiger partial charge is 0.397 e. The van der Waals surface area contributed by atoms with E-state index in [9.17, 15) is 4.39 Å². The van der Waals surface area contributed by atoms with Crippen molar-refractivity contribution >= 4 is 28.7 Å². The Morgan fingerprint density at radius 2 is 2.05 bits per heavy atom. The number of nitrogens with zero attached hydrogens (tertiary/aromatic N) is 2. The van der Waals surface area contributed by atoms with E-state index >= 15 is 0 Å². The van der Waals surface area contributed by atoms with Crippen molar-refractivity contribution in [1.82, 2.24) is 0 Å². The second kappa shape index (κ2) is 6.48. The number of nitriles is 1. The van der Waals surface area contributed by atoms with Crippen LogP contribution in [0.1, 0.15) is 20.3 Å². The van der Waals surface area contributed by atoms with E-state index in [-0.39, 0.29) is 28.5 Å². The molecule has 0 saturated heterocycles. The highest BCUT2D eigenvalue weighted by Gasteiger charge is 2.20. The zero-order valence-corrected chi connectivity index (χ0v) is 11.8. The second-order valence-corrected chi connectivity index (χ2v) is 5.16. The van der Waals surface area contributed by atoms with Gasteiger partial charge in [0.1, 0.15) is 5.02 Å². The summed E-state index contributed by atoms with van der Waals surface area (Å²) in [4.78, 5) is 1.74. The van der Waals surface area contributed by atoms with Crippen LogP contribution in [0.25, 0.3) is 0 Å². The molecule has 19 heavy (non-hydrogen) atoms. The molecule has 1 aromatic carbocycles. The lowest BCUT2D eigenvalue weighted by molar-refractivity contribution is 0.583. The van der Waals surface area contributed by atoms with Crippen LogP contribution in [-0.4, -0.2) is 13.1 Å². The van der Waals surface area contributed by atoms with Gasteiger partial charge in [-0.05, 0) is 12.0 Å². The highest BCUT2D eigenvalue weighted by Crippen LogP contribution is 2.36. The standard InChI is InChI=1S/C13H18ClFN4/c1-8(2)7-19(5-3-4-16)13-10(18)6-9(17)11(14)12(13)15/h6,8H,3,5,7,17-18H2,1-2H3. The molecule has 0 aliphatic carbocycles. The van der Waals surface area contributed by atoms with Crippen LogP contribution in [0.4, 0.5) is 21.5 Å². The third kappa shape index (κ3) is 3.65. The Labute approximate surface area is 117 Å². The van der Waals surface area contributed by atoms with Crippen molar-refractivity contribution in [2.45, 2.75) is 20.3 Å². The minimum Gasteiger partial charge on any atom is -0.397 e. The Bertz CT molecular complexity index is 496. The van der Waals surface area contributed by atoms with Crippen LogP contribution in [0.15, 0.2) is 6.07 Å². The average molecular weight is 285 g/mol. The van der Waals surface area contributed by atoms with Crippen LogP contribution in [-0.2, 0) is 0 Å². The van der Waals surface area contributed by atoms with Crippen LogP contribution in [0.5, 0.6) is 0 Å². The summed E-state index contributed by atoms with van der Waals surface area (Å²) in [6.45, 7) is 5.00. The molecule has 104 valence electrons. The maximum Gasteiger partial charge on any atom is 0.169 e. The molecule has 1 rings (SSSR count). The van der Waals surface area contributed by atoms with Gasteiger partial charge in [-0.15, -0.1) is 0 Å². The van der Waals surface area contributed by atoms with Crippen LogP contribution in [0.2, 0.25) is 5.02 Å². The molecule has 0 heterocycles. The van der Waals surface area contributed by atoms with Crippen molar-refractivity contribution in [3.05, 3.63) is 16.9 Å². The van der Waals surface area contributed by atoms with Crippen molar-refractivity contribution in [3.8, 4) is 6.07 Å². The summed E-state index contributed by atoms with van der Waals surface area (Å²) < 4.78 is 14.2. The van der Waals surface area contributed by atoms with Crippen LogP contribution < -0.4 is 16.4 Å². The van der Waals surface area contributed by atoms with Gasteiger partial charge in [-0.25, -0.2) is 4.39 Å². The first-order valence-corrected chi connectivity index (χ1v) is 6.41. The van der Waals surface area contributed by atoms with E-state index in [1.807, 2.05) is 19.9 Å². The Balaban J connectivity index is 3.22. The van der Waals surface area contributed by atoms with Crippen molar-refractivity contribution in [3.63, 3.8) is 0 Å². The van der Waals surface area contributed by atoms with Gasteiger partial charge in [-0.3, -0.25) is 0 Å². The summed E-state index contributed by atoms with van der Waals surface area (Å²) in [5.41, 5.74) is 12.0. The van der Waals surface area contributed by atoms with Gasteiger partial charge < -0.3 is 16.4 Å². The third-order valence-corrected chi connectivity index (χ3v) is 3.02. The summed E-state index contributed by atoms with van der Waals surface area (Å²) in [5, 5.41) is 8.56. The molecule has 0 spiro atoms. The van der Waals surface area contributed by atoms with Gasteiger partial charge in [-0.1, -0.05) is 25.4 Å². The van der Waals surface area contributed by atoms with Gasteiger partial charge >= 0.3 is 0 Å². The topological polar surface area (TPSA) is 79.1 Å². The predicted octanol–water partition coefficient (Wildman–Crippen LogP) is 3.02. The molecule has 0 saturated carbocycles. The van der Waals surface area contributed by atoms with Gasteiger partial charge in [0.05, 0.1) is 29.6 Å². The Hall–Kier alpha value is -1.67. The van der Waals surface area contributed by atoms with Crippen molar-refractivity contribution in [2.75, 3.05) is 29.5 Å². The molecular weight excluding hydrogens is 267 g/mol. The number of anilines is 3. The van der Waals surface area contributed by atoms with Crippen molar-refractivity contribution < 1.29 is 4.39 Å². The smallest absolute Gasteiger partial charge is 0.169 e. The minimum atomic E-state index is -0.627. The van der Waals surface area contributed by atoms with Crippen LogP contribution >= 0.6 is 11.6 Å². The van der Waals surface area contributed by atoms with Gasteiger partial charge in [0.25, 0.3) is 0 Å². The maximum atomic E-state index is 14.2. The number of nitrogen functional groups attached to an aromatic ring is 2. The molecule has 0 amide bonds. The first-order valence-electron chi connectivity index (χ1n) is 6.03. The van der Waals surface area contributed by atoms with E-state index in [0.717, 1.165) is 0 Å². The molecule has 1 aromatic rings. The maximum absolute atomic E-state index is 14.2. The van der Waals surface area contributed by atoms with E-state index in [1.54, 1.807) is 4.90 Å². The van der Waals surface area contributed by atoms with Crippen molar-refractivity contribution in [1.29, 1.82) is 5.26 Å². The number of hydrogen-bond acceptors (Lipinski definition) is 4. The number of nitrogens with two attached hydrogens (primary N) is 2. The van der Waals surface area contributed by atoms with Gasteiger partial charge in [0.2, 0.25) is 0 Å². The average Bonchev–Trinajstić information content (AvgIpc) is 2.32. The normalized spacial score (nSPS) is 10.5. The SMILES string of the molecule is CC(C)CN(CCC#N)c1c(N)cc(N)c(Cl)c1F. The number of benzene rings is 1. The Kier molecular flexibility index (Phi) is 5.25. The van der Waals surface area contributed by atoms with E-state index in [0.29, 0.717) is 19.0 Å². The molecule has 0 aliphatic heterocycles.